The van der Waals surface area contributed by atoms with Crippen LogP contribution in [0, 0.1) is 5.92 Å². The number of tetrazole rings is 1. The van der Waals surface area contributed by atoms with E-state index in [1.807, 2.05) is 84.9 Å². The van der Waals surface area contributed by atoms with Crippen molar-refractivity contribution < 1.29 is 24.5 Å². The minimum atomic E-state index is -0.678. The lowest BCUT2D eigenvalue weighted by Crippen LogP contribution is -2.38. The summed E-state index contributed by atoms with van der Waals surface area (Å²) in [7, 11) is 0. The highest BCUT2D eigenvalue weighted by Crippen LogP contribution is 2.43. The van der Waals surface area contributed by atoms with Crippen molar-refractivity contribution in [1.82, 2.24) is 35.5 Å². The normalized spacial score (nSPS) is 18.3. The van der Waals surface area contributed by atoms with Crippen LogP contribution in [-0.2, 0) is 22.6 Å². The topological polar surface area (TPSA) is 157 Å². The van der Waals surface area contributed by atoms with Crippen LogP contribution in [0.1, 0.15) is 52.1 Å². The lowest BCUT2D eigenvalue weighted by molar-refractivity contribution is -0.268. The van der Waals surface area contributed by atoms with Crippen LogP contribution in [0.5, 0.6) is 5.75 Å². The van der Waals surface area contributed by atoms with E-state index in [4.69, 9.17) is 9.47 Å². The van der Waals surface area contributed by atoms with Gasteiger partial charge in [0.05, 0.1) is 41.7 Å². The first-order valence-corrected chi connectivity index (χ1v) is 18.8. The predicted octanol–water partition coefficient (Wildman–Crippen LogP) is 6.98. The first-order valence-electron chi connectivity index (χ1n) is 17.8. The highest BCUT2D eigenvalue weighted by molar-refractivity contribution is 7.99. The highest BCUT2D eigenvalue weighted by atomic mass is 32.2. The Morgan fingerprint density at radius 1 is 0.836 bits per heavy atom. The summed E-state index contributed by atoms with van der Waals surface area (Å²) < 4.78 is 15.1. The average molecular weight is 752 g/mol. The molecule has 0 radical (unpaired) electrons. The zero-order chi connectivity index (χ0) is 37.7. The molecule has 1 aliphatic rings. The van der Waals surface area contributed by atoms with Gasteiger partial charge < -0.3 is 25.0 Å². The Labute approximate surface area is 321 Å². The molecule has 0 unspecified atom stereocenters. The molecule has 5 aromatic carbocycles. The molecule has 13 heteroatoms. The molecular weight excluding hydrogens is 715 g/mol. The minimum absolute atomic E-state index is 0.0401. The number of thioether (sulfide) groups is 1. The summed E-state index contributed by atoms with van der Waals surface area (Å²) >= 11 is 1.48. The van der Waals surface area contributed by atoms with Gasteiger partial charge in [-0.1, -0.05) is 91.5 Å². The van der Waals surface area contributed by atoms with Gasteiger partial charge in [-0.05, 0) is 86.8 Å². The maximum absolute atomic E-state index is 13.0. The highest BCUT2D eigenvalue weighted by Gasteiger charge is 2.38. The van der Waals surface area contributed by atoms with E-state index in [0.717, 1.165) is 44.6 Å². The number of amides is 1. The number of phenols is 1. The molecule has 0 bridgehead atoms. The van der Waals surface area contributed by atoms with Gasteiger partial charge in [-0.3, -0.25) is 9.78 Å². The number of carbonyl (C=O) groups excluding carboxylic acids is 1. The first-order chi connectivity index (χ1) is 26.9. The molecule has 12 nitrogen and oxygen atoms in total. The summed E-state index contributed by atoms with van der Waals surface area (Å²) in [5.41, 5.74) is 7.95. The van der Waals surface area contributed by atoms with E-state index in [0.29, 0.717) is 23.0 Å². The second kappa shape index (κ2) is 16.2. The number of fused-ring (bicyclic) bond motifs is 1. The van der Waals surface area contributed by atoms with Crippen LogP contribution in [0.4, 0.5) is 0 Å². The van der Waals surface area contributed by atoms with Crippen molar-refractivity contribution in [1.29, 1.82) is 0 Å². The van der Waals surface area contributed by atoms with Crippen molar-refractivity contribution >= 4 is 28.7 Å². The number of hydrogen-bond donors (Lipinski definition) is 3. The number of hydrogen-bond acceptors (Lipinski definition) is 11. The second-order valence-corrected chi connectivity index (χ2v) is 14.3. The summed E-state index contributed by atoms with van der Waals surface area (Å²) in [5, 5.41) is 35.3. The molecule has 3 N–H and O–H groups in total. The molecule has 2 aromatic heterocycles. The van der Waals surface area contributed by atoms with Gasteiger partial charge >= 0.3 is 0 Å². The van der Waals surface area contributed by atoms with E-state index < -0.39 is 6.29 Å². The Balaban J connectivity index is 1.01. The van der Waals surface area contributed by atoms with Gasteiger partial charge in [0.15, 0.2) is 6.29 Å². The average Bonchev–Trinajstić information content (AvgIpc) is 3.71. The molecule has 1 fully saturated rings. The quantitative estimate of drug-likeness (QED) is 0.117. The SMILES string of the molecule is C[C@@H]1[C@H](CSc2nnnn2-c2ccc(O)cc2)O[C@H](c2cccc(-c3cccc(CNC(=O)c4cnc5ccccc5n4)c3)c2)O[C@@H]1c1ccc(CO)cc1. The van der Waals surface area contributed by atoms with Crippen molar-refractivity contribution in [2.75, 3.05) is 5.75 Å². The largest absolute Gasteiger partial charge is 0.508 e. The Morgan fingerprint density at radius 3 is 2.40 bits per heavy atom. The number of aromatic hydroxyl groups is 1. The Kier molecular flexibility index (Phi) is 10.6. The van der Waals surface area contributed by atoms with Gasteiger partial charge in [0.2, 0.25) is 5.16 Å². The lowest BCUT2D eigenvalue weighted by atomic mass is 9.91. The second-order valence-electron chi connectivity index (χ2n) is 13.3. The number of aromatic nitrogens is 6. The molecule has 8 rings (SSSR count). The molecular formula is C42H37N7O5S. The van der Waals surface area contributed by atoms with E-state index in [-0.39, 0.29) is 42.1 Å². The summed E-state index contributed by atoms with van der Waals surface area (Å²) in [6.45, 7) is 2.39. The van der Waals surface area contributed by atoms with Crippen LogP contribution in [0.2, 0.25) is 0 Å². The predicted molar refractivity (Wildman–Crippen MR) is 207 cm³/mol. The van der Waals surface area contributed by atoms with Gasteiger partial charge in [0, 0.05) is 23.8 Å². The fourth-order valence-corrected chi connectivity index (χ4v) is 7.61. The number of ether oxygens (including phenoxy) is 2. The summed E-state index contributed by atoms with van der Waals surface area (Å²) in [4.78, 5) is 21.8. The Hall–Kier alpha value is -5.99. The summed E-state index contributed by atoms with van der Waals surface area (Å²) in [5.74, 6) is 0.366. The van der Waals surface area contributed by atoms with Crippen molar-refractivity contribution in [3.8, 4) is 22.6 Å². The number of para-hydroxylation sites is 2. The monoisotopic (exact) mass is 751 g/mol. The number of phenolic OH excluding ortho intramolecular Hbond substituents is 1. The maximum Gasteiger partial charge on any atom is 0.271 e. The Morgan fingerprint density at radius 2 is 1.60 bits per heavy atom. The fourth-order valence-electron chi connectivity index (χ4n) is 6.56. The van der Waals surface area contributed by atoms with Crippen LogP contribution >= 0.6 is 11.8 Å². The third-order valence-corrected chi connectivity index (χ3v) is 10.6. The van der Waals surface area contributed by atoms with Gasteiger partial charge in [-0.25, -0.2) is 4.98 Å². The van der Waals surface area contributed by atoms with E-state index in [2.05, 4.69) is 49.9 Å². The van der Waals surface area contributed by atoms with Crippen LogP contribution in [-0.4, -0.2) is 58.2 Å². The van der Waals surface area contributed by atoms with Gasteiger partial charge in [-0.15, -0.1) is 5.10 Å². The fraction of sp³-hybridized carbons (Fsp3) is 0.190. The molecule has 55 heavy (non-hydrogen) atoms. The zero-order valence-corrected chi connectivity index (χ0v) is 30.6. The van der Waals surface area contributed by atoms with Crippen molar-refractivity contribution in [2.24, 2.45) is 5.92 Å². The first kappa shape index (κ1) is 36.0. The number of carbonyl (C=O) groups is 1. The molecule has 0 aliphatic carbocycles. The lowest BCUT2D eigenvalue weighted by Gasteiger charge is -2.41. The standard InChI is InChI=1S/C42H37N7O5S/c1-26-38(25-55-42-46-47-48-49(42)33-16-18-34(51)19-17-33)53-41(54-39(26)29-14-12-27(24-50)13-15-29)32-9-5-8-31(21-32)30-7-4-6-28(20-30)22-44-40(52)37-23-43-35-10-2-3-11-36(35)45-37/h2-21,23,26,38-39,41,50-51H,22,24-25H2,1H3,(H,44,52)/t26-,38+,39+,41+/m1/s1. The number of nitrogens with one attached hydrogen (secondary N) is 1. The molecule has 4 atom stereocenters. The molecule has 7 aromatic rings. The number of nitrogens with zero attached hydrogens (tertiary/aromatic N) is 6. The van der Waals surface area contributed by atoms with Crippen LogP contribution in [0.3, 0.4) is 0 Å². The molecule has 1 aliphatic heterocycles. The van der Waals surface area contributed by atoms with Gasteiger partial charge in [-0.2, -0.15) is 4.68 Å². The molecule has 3 heterocycles. The van der Waals surface area contributed by atoms with Crippen molar-refractivity contribution in [3.05, 3.63) is 155 Å². The van der Waals surface area contributed by atoms with Crippen LogP contribution < -0.4 is 5.32 Å². The van der Waals surface area contributed by atoms with Crippen molar-refractivity contribution in [2.45, 2.75) is 43.7 Å². The van der Waals surface area contributed by atoms with Crippen LogP contribution in [0.15, 0.2) is 133 Å². The molecule has 276 valence electrons. The van der Waals surface area contributed by atoms with Gasteiger partial charge in [0.25, 0.3) is 5.91 Å². The third-order valence-electron chi connectivity index (χ3n) is 9.59. The van der Waals surface area contributed by atoms with E-state index in [1.54, 1.807) is 28.9 Å². The Bertz CT molecular complexity index is 2430. The summed E-state index contributed by atoms with van der Waals surface area (Å²) in [6, 6.07) is 38.1. The summed E-state index contributed by atoms with van der Waals surface area (Å²) in [6.07, 6.45) is 0.268. The maximum atomic E-state index is 13.0. The molecule has 0 spiro atoms. The number of aliphatic hydroxyl groups is 1. The third kappa shape index (κ3) is 8.10. The number of rotatable bonds is 11. The smallest absolute Gasteiger partial charge is 0.271 e. The van der Waals surface area contributed by atoms with E-state index >= 15 is 0 Å². The molecule has 1 saturated heterocycles. The van der Waals surface area contributed by atoms with E-state index in [1.165, 1.54) is 18.0 Å². The number of aliphatic hydroxyl groups excluding tert-OH is 1. The molecule has 0 saturated carbocycles. The van der Waals surface area contributed by atoms with Gasteiger partial charge in [0.1, 0.15) is 11.4 Å². The van der Waals surface area contributed by atoms with Crippen molar-refractivity contribution in [3.63, 3.8) is 0 Å². The van der Waals surface area contributed by atoms with Crippen LogP contribution in [0.25, 0.3) is 27.8 Å². The number of benzene rings is 5. The zero-order valence-electron chi connectivity index (χ0n) is 29.8. The van der Waals surface area contributed by atoms with E-state index in [9.17, 15) is 15.0 Å². The molecule has 1 amide bonds. The minimum Gasteiger partial charge on any atom is -0.508 e.